The number of β-amino-alcohol motifs (C(OH)–C–C–N with tert-alkyl or cyclic N) is 1. The van der Waals surface area contributed by atoms with Crippen molar-refractivity contribution in [3.05, 3.63) is 114 Å². The fraction of sp³-hybridized carbons (Fsp3) is 0.389. The summed E-state index contributed by atoms with van der Waals surface area (Å²) in [6, 6.07) is 31.2. The third-order valence-corrected chi connectivity index (χ3v) is 7.97. The van der Waals surface area contributed by atoms with Gasteiger partial charge in [0.25, 0.3) is 0 Å². The SMILES string of the molecule is Brc1ccccn1.CC1(O)CCN(CCOc2ccccc2)C1.CC1(Oc2ccccn2)CCN(CCOc2ccccc2)C1. The van der Waals surface area contributed by atoms with Gasteiger partial charge in [0.2, 0.25) is 5.88 Å². The van der Waals surface area contributed by atoms with E-state index in [-0.39, 0.29) is 5.60 Å². The van der Waals surface area contributed by atoms with Gasteiger partial charge in [0.05, 0.1) is 5.60 Å². The highest BCUT2D eigenvalue weighted by Crippen LogP contribution is 2.26. The number of para-hydroxylation sites is 2. The molecule has 2 unspecified atom stereocenters. The molecule has 45 heavy (non-hydrogen) atoms. The Morgan fingerprint density at radius 1 is 0.689 bits per heavy atom. The molecule has 2 aromatic carbocycles. The van der Waals surface area contributed by atoms with E-state index in [2.05, 4.69) is 42.6 Å². The van der Waals surface area contributed by atoms with Gasteiger partial charge in [-0.1, -0.05) is 48.5 Å². The zero-order valence-corrected chi connectivity index (χ0v) is 27.9. The standard InChI is InChI=1S/C18H22N2O2.C13H19NO2.C5H4BrN/c1-18(22-17-9-5-6-11-19-17)10-12-20(15-18)13-14-21-16-7-3-2-4-8-16;1-13(15)7-8-14(11-13)9-10-16-12-5-3-2-4-6-12;6-5-3-1-2-4-7-5/h2-9,11H,10,12-15H2,1H3;2-6,15H,7-11H2,1H3;1-4H. The van der Waals surface area contributed by atoms with E-state index in [4.69, 9.17) is 14.2 Å². The van der Waals surface area contributed by atoms with Crippen molar-refractivity contribution in [3.63, 3.8) is 0 Å². The molecule has 0 amide bonds. The van der Waals surface area contributed by atoms with Gasteiger partial charge in [0.1, 0.15) is 34.9 Å². The molecule has 0 spiro atoms. The largest absolute Gasteiger partial charge is 0.492 e. The summed E-state index contributed by atoms with van der Waals surface area (Å²) in [4.78, 5) is 12.8. The van der Waals surface area contributed by atoms with Crippen molar-refractivity contribution < 1.29 is 19.3 Å². The van der Waals surface area contributed by atoms with Crippen LogP contribution in [-0.2, 0) is 0 Å². The number of aromatic nitrogens is 2. The van der Waals surface area contributed by atoms with Crippen molar-refractivity contribution >= 4 is 15.9 Å². The molecule has 0 saturated carbocycles. The molecular weight excluding hydrogens is 632 g/mol. The van der Waals surface area contributed by atoms with E-state index in [1.807, 2.05) is 104 Å². The van der Waals surface area contributed by atoms with Crippen LogP contribution in [0.3, 0.4) is 0 Å². The van der Waals surface area contributed by atoms with Gasteiger partial charge in [0.15, 0.2) is 0 Å². The fourth-order valence-corrected chi connectivity index (χ4v) is 5.42. The molecule has 4 heterocycles. The summed E-state index contributed by atoms with van der Waals surface area (Å²) in [5, 5.41) is 9.80. The molecule has 2 aliphatic heterocycles. The first-order chi connectivity index (χ1) is 21.8. The molecule has 0 radical (unpaired) electrons. The maximum Gasteiger partial charge on any atom is 0.213 e. The van der Waals surface area contributed by atoms with Crippen molar-refractivity contribution in [2.75, 3.05) is 52.5 Å². The zero-order valence-electron chi connectivity index (χ0n) is 26.3. The van der Waals surface area contributed by atoms with Gasteiger partial charge < -0.3 is 19.3 Å². The van der Waals surface area contributed by atoms with Gasteiger partial charge in [-0.05, 0) is 78.7 Å². The van der Waals surface area contributed by atoms with Gasteiger partial charge in [-0.15, -0.1) is 0 Å². The molecule has 0 bridgehead atoms. The van der Waals surface area contributed by atoms with Crippen molar-refractivity contribution in [1.29, 1.82) is 0 Å². The summed E-state index contributed by atoms with van der Waals surface area (Å²) in [5.41, 5.74) is -0.673. The molecule has 2 aromatic heterocycles. The van der Waals surface area contributed by atoms with E-state index in [1.165, 1.54) is 0 Å². The predicted molar refractivity (Wildman–Crippen MR) is 182 cm³/mol. The number of likely N-dealkylation sites (tertiary alicyclic amines) is 2. The van der Waals surface area contributed by atoms with Crippen LogP contribution in [0.25, 0.3) is 0 Å². The molecule has 4 aromatic rings. The average molecular weight is 678 g/mol. The molecule has 2 saturated heterocycles. The first-order valence-electron chi connectivity index (χ1n) is 15.5. The third kappa shape index (κ3) is 13.2. The van der Waals surface area contributed by atoms with Crippen LogP contribution in [0.5, 0.6) is 17.4 Å². The highest BCUT2D eigenvalue weighted by molar-refractivity contribution is 9.10. The number of hydrogen-bond acceptors (Lipinski definition) is 8. The molecule has 8 nitrogen and oxygen atoms in total. The minimum atomic E-state index is -0.507. The Morgan fingerprint density at radius 3 is 1.69 bits per heavy atom. The lowest BCUT2D eigenvalue weighted by atomic mass is 10.1. The lowest BCUT2D eigenvalue weighted by Gasteiger charge is -2.25. The van der Waals surface area contributed by atoms with Crippen LogP contribution in [0.4, 0.5) is 0 Å². The van der Waals surface area contributed by atoms with E-state index in [9.17, 15) is 5.11 Å². The topological polar surface area (TPSA) is 80.2 Å². The predicted octanol–water partition coefficient (Wildman–Crippen LogP) is 6.37. The van der Waals surface area contributed by atoms with Crippen LogP contribution in [0.1, 0.15) is 26.7 Å². The number of pyridine rings is 2. The number of nitrogens with zero attached hydrogens (tertiary/aromatic N) is 4. The zero-order chi connectivity index (χ0) is 31.8. The van der Waals surface area contributed by atoms with Gasteiger partial charge in [0, 0.05) is 64.1 Å². The van der Waals surface area contributed by atoms with E-state index in [0.29, 0.717) is 19.1 Å². The fourth-order valence-electron chi connectivity index (χ4n) is 5.15. The van der Waals surface area contributed by atoms with Gasteiger partial charge in [-0.3, -0.25) is 9.80 Å². The van der Waals surface area contributed by atoms with Crippen molar-refractivity contribution in [1.82, 2.24) is 19.8 Å². The van der Waals surface area contributed by atoms with E-state index in [1.54, 1.807) is 12.4 Å². The number of benzene rings is 2. The molecule has 0 aliphatic carbocycles. The smallest absolute Gasteiger partial charge is 0.213 e. The maximum absolute atomic E-state index is 9.80. The number of ether oxygens (including phenoxy) is 3. The molecule has 240 valence electrons. The van der Waals surface area contributed by atoms with Gasteiger partial charge >= 0.3 is 0 Å². The van der Waals surface area contributed by atoms with Crippen molar-refractivity contribution in [2.45, 2.75) is 37.9 Å². The van der Waals surface area contributed by atoms with Crippen LogP contribution in [0.2, 0.25) is 0 Å². The first-order valence-corrected chi connectivity index (χ1v) is 16.3. The highest BCUT2D eigenvalue weighted by Gasteiger charge is 2.36. The quantitative estimate of drug-likeness (QED) is 0.194. The average Bonchev–Trinajstić information content (AvgIpc) is 3.60. The van der Waals surface area contributed by atoms with Crippen LogP contribution in [0, 0.1) is 0 Å². The Kier molecular flexibility index (Phi) is 13.6. The summed E-state index contributed by atoms with van der Waals surface area (Å²) in [7, 11) is 0. The second-order valence-corrected chi connectivity index (χ2v) is 12.6. The molecule has 6 rings (SSSR count). The second kappa shape index (κ2) is 17.8. The Labute approximate surface area is 276 Å². The highest BCUT2D eigenvalue weighted by atomic mass is 79.9. The van der Waals surface area contributed by atoms with Gasteiger partial charge in [-0.2, -0.15) is 0 Å². The summed E-state index contributed by atoms with van der Waals surface area (Å²) < 4.78 is 18.3. The lowest BCUT2D eigenvalue weighted by molar-refractivity contribution is 0.0670. The normalized spacial score (nSPS) is 21.2. The van der Waals surface area contributed by atoms with Crippen LogP contribution in [0.15, 0.2) is 114 Å². The monoisotopic (exact) mass is 676 g/mol. The number of hydrogen-bond donors (Lipinski definition) is 1. The molecule has 1 N–H and O–H groups in total. The first kappa shape index (κ1) is 34.4. The Bertz CT molecular complexity index is 1350. The Balaban J connectivity index is 0.000000174. The van der Waals surface area contributed by atoms with E-state index in [0.717, 1.165) is 68.2 Å². The molecule has 9 heteroatoms. The molecule has 2 fully saturated rings. The van der Waals surface area contributed by atoms with Crippen molar-refractivity contribution in [3.8, 4) is 17.4 Å². The Hall–Kier alpha value is -3.50. The lowest BCUT2D eigenvalue weighted by Crippen LogP contribution is -2.37. The molecule has 2 aliphatic rings. The maximum atomic E-state index is 9.80. The Morgan fingerprint density at radius 2 is 1.22 bits per heavy atom. The number of halogens is 1. The molecule has 2 atom stereocenters. The summed E-state index contributed by atoms with van der Waals surface area (Å²) >= 11 is 3.20. The summed E-state index contributed by atoms with van der Waals surface area (Å²) in [5.74, 6) is 2.54. The van der Waals surface area contributed by atoms with Crippen molar-refractivity contribution in [2.24, 2.45) is 0 Å². The van der Waals surface area contributed by atoms with Crippen LogP contribution in [-0.4, -0.2) is 88.6 Å². The minimum absolute atomic E-state index is 0.166. The second-order valence-electron chi connectivity index (χ2n) is 11.7. The minimum Gasteiger partial charge on any atom is -0.492 e. The van der Waals surface area contributed by atoms with E-state index < -0.39 is 5.60 Å². The van der Waals surface area contributed by atoms with Crippen LogP contribution < -0.4 is 14.2 Å². The summed E-state index contributed by atoms with van der Waals surface area (Å²) in [6.07, 6.45) is 5.37. The molecular formula is C36H45BrN4O4. The number of rotatable bonds is 10. The third-order valence-electron chi connectivity index (χ3n) is 7.50. The number of aliphatic hydroxyl groups is 1. The van der Waals surface area contributed by atoms with Gasteiger partial charge in [-0.25, -0.2) is 9.97 Å². The van der Waals surface area contributed by atoms with E-state index >= 15 is 0 Å². The summed E-state index contributed by atoms with van der Waals surface area (Å²) in [6.45, 7) is 10.9. The van der Waals surface area contributed by atoms with Crippen LogP contribution >= 0.6 is 15.9 Å².